The van der Waals surface area contributed by atoms with Gasteiger partial charge >= 0.3 is 15.6 Å². The number of halogens is 3. The second kappa shape index (κ2) is 18.6. The van der Waals surface area contributed by atoms with Crippen LogP contribution < -0.4 is 15.3 Å². The zero-order chi connectivity index (χ0) is 56.5. The van der Waals surface area contributed by atoms with Crippen LogP contribution in [-0.4, -0.2) is 37.7 Å². The Balaban J connectivity index is 0.874. The van der Waals surface area contributed by atoms with Crippen LogP contribution in [0.1, 0.15) is 113 Å². The van der Waals surface area contributed by atoms with E-state index in [-0.39, 0.29) is 38.5 Å². The Morgan fingerprint density at radius 3 is 1.48 bits per heavy atom. The van der Waals surface area contributed by atoms with Gasteiger partial charge < -0.3 is 13.0 Å². The van der Waals surface area contributed by atoms with Crippen LogP contribution in [0.3, 0.4) is 0 Å². The molecule has 0 atom stereocenters. The van der Waals surface area contributed by atoms with Gasteiger partial charge in [0, 0.05) is 80.4 Å². The van der Waals surface area contributed by atoms with Crippen LogP contribution in [0.15, 0.2) is 156 Å². The highest BCUT2D eigenvalue weighted by molar-refractivity contribution is 7.88. The van der Waals surface area contributed by atoms with Crippen molar-refractivity contribution in [1.82, 2.24) is 23.8 Å². The van der Waals surface area contributed by atoms with Gasteiger partial charge in [-0.1, -0.05) is 159 Å². The van der Waals surface area contributed by atoms with Crippen molar-refractivity contribution >= 4 is 43.0 Å². The summed E-state index contributed by atoms with van der Waals surface area (Å²) in [6.07, 6.45) is 10.1. The molecule has 0 fully saturated rings. The van der Waals surface area contributed by atoms with E-state index in [9.17, 15) is 31.2 Å². The molecule has 5 aromatic heterocycles. The Morgan fingerprint density at radius 2 is 0.988 bits per heavy atom. The summed E-state index contributed by atoms with van der Waals surface area (Å²) >= 11 is 0. The molecule has 5 aromatic carbocycles. The largest absolute Gasteiger partial charge is 0.534 e. The Labute approximate surface area is 462 Å². The molecule has 0 saturated heterocycles. The lowest BCUT2D eigenvalue weighted by Crippen LogP contribution is -2.28. The highest BCUT2D eigenvalue weighted by atomic mass is 32.2. The fourth-order valence-electron chi connectivity index (χ4n) is 13.8. The molecule has 80 heavy (non-hydrogen) atoms. The lowest BCUT2D eigenvalue weighted by Gasteiger charge is -2.22. The Kier molecular flexibility index (Phi) is 12.2. The topological polar surface area (TPSA) is 125 Å². The first-order valence-corrected chi connectivity index (χ1v) is 28.5. The zero-order valence-electron chi connectivity index (χ0n) is 45.9. The molecule has 0 N–H and O–H groups in total. The molecule has 2 aliphatic rings. The summed E-state index contributed by atoms with van der Waals surface area (Å²) in [6, 6.07) is 41.8. The van der Waals surface area contributed by atoms with Gasteiger partial charge in [-0.3, -0.25) is 14.6 Å². The average Bonchev–Trinajstić information content (AvgIpc) is 3.97. The maximum atomic E-state index is 13.7. The van der Waals surface area contributed by atoms with E-state index in [1.807, 2.05) is 24.3 Å². The van der Waals surface area contributed by atoms with Crippen molar-refractivity contribution in [2.45, 2.75) is 121 Å². The van der Waals surface area contributed by atoms with Crippen molar-refractivity contribution in [3.8, 4) is 39.3 Å². The predicted octanol–water partition coefficient (Wildman–Crippen LogP) is 14.1. The van der Waals surface area contributed by atoms with Crippen molar-refractivity contribution in [3.05, 3.63) is 211 Å². The maximum absolute atomic E-state index is 13.7. The first-order valence-electron chi connectivity index (χ1n) is 27.0. The molecule has 0 spiro atoms. The van der Waals surface area contributed by atoms with Gasteiger partial charge in [0.05, 0.1) is 5.69 Å². The number of benzene rings is 5. The summed E-state index contributed by atoms with van der Waals surface area (Å²) in [7, 11) is -5.86. The molecule has 10 nitrogen and oxygen atoms in total. The van der Waals surface area contributed by atoms with E-state index in [0.717, 1.165) is 139 Å². The van der Waals surface area contributed by atoms with E-state index in [0.29, 0.717) is 16.9 Å². The van der Waals surface area contributed by atoms with Crippen LogP contribution in [0.25, 0.3) is 66.4 Å². The van der Waals surface area contributed by atoms with Gasteiger partial charge in [0.2, 0.25) is 0 Å². The summed E-state index contributed by atoms with van der Waals surface area (Å²) in [5, 5.41) is 3.91. The van der Waals surface area contributed by atoms with Crippen LogP contribution in [0.4, 0.5) is 13.2 Å². The summed E-state index contributed by atoms with van der Waals surface area (Å²) in [6.45, 7) is 17.4. The molecular weight excluding hydrogens is 1030 g/mol. The van der Waals surface area contributed by atoms with Crippen molar-refractivity contribution in [2.24, 2.45) is 0 Å². The smallest absolute Gasteiger partial charge is 0.376 e. The number of nitrogens with zero attached hydrogens (tertiary/aromatic N) is 5. The standard InChI is InChI=1S/C66H60F3N5O5S/c1-62(2)37-64(5,6)56-54(62)60(75)71-58-51-23-17-39(32-45(51)26-29-73(56)58)13-15-41-31-42(16-14-40-18-24-52-46(33-40)27-30-74-57-55(61(76)72-59(52)74)63(3,4)38-65(57,7)8)35-47(34-41)50-12-10-9-11-49(50)43-19-21-44(22-20-43)53-36-48(25-28-70-53)79-80(77,78)66(67,68)69/h9-12,17-36H,13-16,37-38H2,1-8H3. The normalized spacial score (nSPS) is 16.1. The van der Waals surface area contributed by atoms with Gasteiger partial charge in [0.15, 0.2) is 0 Å². The Bertz CT molecular complexity index is 4270. The van der Waals surface area contributed by atoms with Gasteiger partial charge in [0.1, 0.15) is 17.0 Å². The molecule has 2 aliphatic carbocycles. The molecule has 10 aromatic rings. The van der Waals surface area contributed by atoms with E-state index >= 15 is 0 Å². The van der Waals surface area contributed by atoms with Crippen molar-refractivity contribution < 1.29 is 25.8 Å². The molecule has 5 heterocycles. The van der Waals surface area contributed by atoms with Crippen LogP contribution in [0, 0.1) is 0 Å². The summed E-state index contributed by atoms with van der Waals surface area (Å²) < 4.78 is 71.6. The van der Waals surface area contributed by atoms with Gasteiger partial charge in [-0.05, 0) is 117 Å². The molecule has 14 heteroatoms. The maximum Gasteiger partial charge on any atom is 0.534 e. The third-order valence-corrected chi connectivity index (χ3v) is 17.6. The number of hydrogen-bond donors (Lipinski definition) is 0. The predicted molar refractivity (Wildman–Crippen MR) is 310 cm³/mol. The molecule has 12 rings (SSSR count). The van der Waals surface area contributed by atoms with E-state index in [1.165, 1.54) is 6.20 Å². The number of hydrogen-bond acceptors (Lipinski definition) is 8. The summed E-state index contributed by atoms with van der Waals surface area (Å²) in [4.78, 5) is 41.1. The first kappa shape index (κ1) is 52.7. The molecule has 0 aliphatic heterocycles. The quantitative estimate of drug-likeness (QED) is 0.0712. The van der Waals surface area contributed by atoms with Crippen molar-refractivity contribution in [1.29, 1.82) is 0 Å². The summed E-state index contributed by atoms with van der Waals surface area (Å²) in [5.41, 5.74) is 7.56. The number of rotatable bonds is 11. The molecule has 0 saturated carbocycles. The second-order valence-electron chi connectivity index (χ2n) is 24.6. The fraction of sp³-hybridized carbons (Fsp3) is 0.288. The number of fused-ring (bicyclic) bond motifs is 10. The number of pyridine rings is 3. The lowest BCUT2D eigenvalue weighted by molar-refractivity contribution is -0.0500. The molecule has 0 amide bonds. The van der Waals surface area contributed by atoms with Crippen LogP contribution >= 0.6 is 0 Å². The zero-order valence-corrected chi connectivity index (χ0v) is 46.7. The molecule has 0 unspecified atom stereocenters. The number of alkyl halides is 3. The first-order chi connectivity index (χ1) is 37.8. The van der Waals surface area contributed by atoms with Gasteiger partial charge in [-0.2, -0.15) is 31.6 Å². The third kappa shape index (κ3) is 9.14. The van der Waals surface area contributed by atoms with E-state index in [2.05, 4.69) is 165 Å². The molecule has 0 bridgehead atoms. The number of aryl methyl sites for hydroxylation is 4. The van der Waals surface area contributed by atoms with Crippen LogP contribution in [-0.2, 0) is 57.5 Å². The van der Waals surface area contributed by atoms with E-state index < -0.39 is 21.4 Å². The highest BCUT2D eigenvalue weighted by Crippen LogP contribution is 2.49. The SMILES string of the molecule is CC1(C)CC(C)(C)c2c1c(=O)nc1c3ccc(CCc4cc(CCc5ccc6c(ccn7c8c(c(=O)nc67)C(C)(C)CC8(C)C)c5)cc(-c5ccccc5-c5ccc(-c6cc(OS(=O)(=O)C(F)(F)F)ccn6)cc5)c4)cc3ccn21. The van der Waals surface area contributed by atoms with E-state index in [1.54, 1.807) is 12.1 Å². The van der Waals surface area contributed by atoms with Gasteiger partial charge in [-0.15, -0.1) is 0 Å². The fourth-order valence-corrected chi connectivity index (χ4v) is 14.2. The highest BCUT2D eigenvalue weighted by Gasteiger charge is 2.49. The summed E-state index contributed by atoms with van der Waals surface area (Å²) in [5.74, 6) is -0.501. The van der Waals surface area contributed by atoms with Crippen molar-refractivity contribution in [3.63, 3.8) is 0 Å². The van der Waals surface area contributed by atoms with Crippen LogP contribution in [0.2, 0.25) is 0 Å². The van der Waals surface area contributed by atoms with Crippen molar-refractivity contribution in [2.75, 3.05) is 0 Å². The number of aromatic nitrogens is 5. The van der Waals surface area contributed by atoms with E-state index in [4.69, 9.17) is 9.97 Å². The molecule has 406 valence electrons. The second-order valence-corrected chi connectivity index (χ2v) is 26.1. The minimum absolute atomic E-state index is 0.150. The third-order valence-electron chi connectivity index (χ3n) is 16.6. The monoisotopic (exact) mass is 1090 g/mol. The lowest BCUT2D eigenvalue weighted by atomic mass is 9.82. The Hall–Kier alpha value is -7.97. The van der Waals surface area contributed by atoms with Gasteiger partial charge in [-0.25, -0.2) is 0 Å². The average molecular weight is 1090 g/mol. The molecular formula is C66H60F3N5O5S. The van der Waals surface area contributed by atoms with Crippen LogP contribution in [0.5, 0.6) is 5.75 Å². The Morgan fingerprint density at radius 1 is 0.525 bits per heavy atom. The minimum atomic E-state index is -5.86. The van der Waals surface area contributed by atoms with Gasteiger partial charge in [0.25, 0.3) is 11.1 Å². The minimum Gasteiger partial charge on any atom is -0.376 e. The molecule has 0 radical (unpaired) electrons.